The predicted octanol–water partition coefficient (Wildman–Crippen LogP) is 2.03. The average molecular weight is 301 g/mol. The lowest BCUT2D eigenvalue weighted by Crippen LogP contribution is -2.43. The van der Waals surface area contributed by atoms with Gasteiger partial charge in [-0.05, 0) is 32.4 Å². The minimum absolute atomic E-state index is 0.0678. The summed E-state index contributed by atoms with van der Waals surface area (Å²) in [4.78, 5) is 9.93. The van der Waals surface area contributed by atoms with Gasteiger partial charge in [-0.1, -0.05) is 13.3 Å². The topological polar surface area (TPSA) is 115 Å². The van der Waals surface area contributed by atoms with Gasteiger partial charge >= 0.3 is 0 Å². The third kappa shape index (κ3) is 3.91. The van der Waals surface area contributed by atoms with E-state index in [9.17, 15) is 18.5 Å². The van der Waals surface area contributed by atoms with Crippen LogP contribution in [0.3, 0.4) is 0 Å². The fourth-order valence-corrected chi connectivity index (χ4v) is 3.41. The van der Waals surface area contributed by atoms with Crippen molar-refractivity contribution in [2.45, 2.75) is 44.0 Å². The molecule has 8 heteroatoms. The van der Waals surface area contributed by atoms with E-state index in [0.29, 0.717) is 6.42 Å². The van der Waals surface area contributed by atoms with Crippen LogP contribution in [0.2, 0.25) is 0 Å². The molecule has 7 nitrogen and oxygen atoms in total. The fraction of sp³-hybridized carbons (Fsp3) is 0.500. The Balaban J connectivity index is 3.17. The third-order valence-corrected chi connectivity index (χ3v) is 4.49. The van der Waals surface area contributed by atoms with E-state index in [4.69, 9.17) is 5.73 Å². The molecule has 20 heavy (non-hydrogen) atoms. The minimum atomic E-state index is -3.82. The van der Waals surface area contributed by atoms with Crippen LogP contribution in [-0.4, -0.2) is 18.9 Å². The van der Waals surface area contributed by atoms with Crippen LogP contribution in [0.4, 0.5) is 11.4 Å². The maximum Gasteiger partial charge on any atom is 0.293 e. The first-order chi connectivity index (χ1) is 9.09. The fourth-order valence-electron chi connectivity index (χ4n) is 1.95. The van der Waals surface area contributed by atoms with Crippen molar-refractivity contribution in [3.8, 4) is 0 Å². The Labute approximate surface area is 118 Å². The molecule has 0 saturated carbocycles. The van der Waals surface area contributed by atoms with Gasteiger partial charge in [-0.15, -0.1) is 0 Å². The summed E-state index contributed by atoms with van der Waals surface area (Å²) in [5.41, 5.74) is 4.35. The highest BCUT2D eigenvalue weighted by molar-refractivity contribution is 7.89. The number of nitrogen functional groups attached to an aromatic ring is 1. The Morgan fingerprint density at radius 2 is 2.00 bits per heavy atom. The zero-order chi connectivity index (χ0) is 15.6. The number of benzene rings is 1. The Hall–Kier alpha value is -1.67. The molecule has 0 heterocycles. The summed E-state index contributed by atoms with van der Waals surface area (Å²) in [6.45, 7) is 5.48. The lowest BCUT2D eigenvalue weighted by molar-refractivity contribution is -0.384. The molecule has 0 saturated heterocycles. The highest BCUT2D eigenvalue weighted by Gasteiger charge is 2.27. The molecule has 0 amide bonds. The number of rotatable bonds is 6. The molecule has 0 spiro atoms. The Morgan fingerprint density at radius 3 is 2.50 bits per heavy atom. The molecule has 0 fully saturated rings. The van der Waals surface area contributed by atoms with Crippen molar-refractivity contribution in [3.63, 3.8) is 0 Å². The summed E-state index contributed by atoms with van der Waals surface area (Å²) in [7, 11) is -3.82. The molecule has 1 rings (SSSR count). The molecule has 0 unspecified atom stereocenters. The molecule has 3 N–H and O–H groups in total. The van der Waals surface area contributed by atoms with Gasteiger partial charge in [0.2, 0.25) is 10.0 Å². The molecule has 0 aliphatic carbocycles. The molecule has 0 aliphatic heterocycles. The van der Waals surface area contributed by atoms with Gasteiger partial charge in [0.15, 0.2) is 0 Å². The summed E-state index contributed by atoms with van der Waals surface area (Å²) in [6, 6.07) is 3.45. The Morgan fingerprint density at radius 1 is 1.40 bits per heavy atom. The van der Waals surface area contributed by atoms with Crippen LogP contribution in [-0.2, 0) is 10.0 Å². The average Bonchev–Trinajstić information content (AvgIpc) is 2.26. The van der Waals surface area contributed by atoms with Crippen molar-refractivity contribution in [2.24, 2.45) is 0 Å². The van der Waals surface area contributed by atoms with E-state index in [-0.39, 0.29) is 10.6 Å². The summed E-state index contributed by atoms with van der Waals surface area (Å²) >= 11 is 0. The van der Waals surface area contributed by atoms with E-state index < -0.39 is 26.2 Å². The van der Waals surface area contributed by atoms with Crippen molar-refractivity contribution in [1.29, 1.82) is 0 Å². The van der Waals surface area contributed by atoms with Crippen LogP contribution in [0, 0.1) is 10.1 Å². The maximum absolute atomic E-state index is 12.2. The number of hydrogen-bond donors (Lipinski definition) is 2. The second-order valence-corrected chi connectivity index (χ2v) is 6.90. The third-order valence-electron chi connectivity index (χ3n) is 2.79. The highest BCUT2D eigenvalue weighted by atomic mass is 32.2. The van der Waals surface area contributed by atoms with E-state index in [1.54, 1.807) is 13.8 Å². The molecular weight excluding hydrogens is 282 g/mol. The number of hydrogen-bond acceptors (Lipinski definition) is 5. The Bertz CT molecular complexity index is 611. The van der Waals surface area contributed by atoms with Crippen molar-refractivity contribution >= 4 is 21.4 Å². The number of sulfonamides is 1. The first-order valence-electron chi connectivity index (χ1n) is 6.17. The molecule has 1 aromatic rings. The minimum Gasteiger partial charge on any atom is -0.393 e. The predicted molar refractivity (Wildman–Crippen MR) is 76.8 cm³/mol. The van der Waals surface area contributed by atoms with Gasteiger partial charge in [-0.25, -0.2) is 13.1 Å². The van der Waals surface area contributed by atoms with Crippen LogP contribution < -0.4 is 10.5 Å². The van der Waals surface area contributed by atoms with Gasteiger partial charge in [0.05, 0.1) is 9.82 Å². The smallest absolute Gasteiger partial charge is 0.293 e. The number of nitrogens with two attached hydrogens (primary N) is 1. The lowest BCUT2D eigenvalue weighted by Gasteiger charge is -2.25. The van der Waals surface area contributed by atoms with E-state index in [0.717, 1.165) is 12.5 Å². The number of nitrogens with one attached hydrogen (secondary N) is 1. The molecule has 0 bridgehead atoms. The van der Waals surface area contributed by atoms with Crippen LogP contribution in [0.25, 0.3) is 0 Å². The van der Waals surface area contributed by atoms with Crippen molar-refractivity contribution in [2.75, 3.05) is 5.73 Å². The normalized spacial score (nSPS) is 12.3. The second-order valence-electron chi connectivity index (χ2n) is 5.22. The zero-order valence-electron chi connectivity index (χ0n) is 11.7. The molecule has 0 aromatic heterocycles. The first-order valence-corrected chi connectivity index (χ1v) is 7.65. The van der Waals surface area contributed by atoms with Gasteiger partial charge in [-0.2, -0.15) is 0 Å². The SMILES string of the molecule is CCCC(C)(C)NS(=O)(=O)c1ccc(N)c([N+](=O)[O-])c1. The van der Waals surface area contributed by atoms with E-state index in [1.807, 2.05) is 6.92 Å². The molecule has 0 atom stereocenters. The number of nitrogens with zero attached hydrogens (tertiary/aromatic N) is 1. The van der Waals surface area contributed by atoms with Crippen LogP contribution in [0.5, 0.6) is 0 Å². The lowest BCUT2D eigenvalue weighted by atomic mass is 10.0. The largest absolute Gasteiger partial charge is 0.393 e. The van der Waals surface area contributed by atoms with Crippen molar-refractivity contribution < 1.29 is 13.3 Å². The van der Waals surface area contributed by atoms with Crippen LogP contribution in [0.15, 0.2) is 23.1 Å². The number of nitro groups is 1. The van der Waals surface area contributed by atoms with Gasteiger partial charge in [0, 0.05) is 11.6 Å². The quantitative estimate of drug-likeness (QED) is 0.474. The second kappa shape index (κ2) is 5.76. The van der Waals surface area contributed by atoms with Crippen LogP contribution in [0.1, 0.15) is 33.6 Å². The number of nitro benzene ring substituents is 1. The summed E-state index contributed by atoms with van der Waals surface area (Å²) < 4.78 is 27.0. The maximum atomic E-state index is 12.2. The van der Waals surface area contributed by atoms with E-state index in [1.165, 1.54) is 12.1 Å². The number of anilines is 1. The van der Waals surface area contributed by atoms with Gasteiger partial charge in [0.25, 0.3) is 5.69 Å². The highest BCUT2D eigenvalue weighted by Crippen LogP contribution is 2.25. The molecule has 1 aromatic carbocycles. The first kappa shape index (κ1) is 16.4. The standard InChI is InChI=1S/C12H19N3O4S/c1-4-7-12(2,3)14-20(18,19)9-5-6-10(13)11(8-9)15(16)17/h5-6,8,14H,4,7,13H2,1-3H3. The van der Waals surface area contributed by atoms with Gasteiger partial charge < -0.3 is 5.73 Å². The van der Waals surface area contributed by atoms with Gasteiger partial charge in [-0.3, -0.25) is 10.1 Å². The zero-order valence-corrected chi connectivity index (χ0v) is 12.5. The van der Waals surface area contributed by atoms with E-state index in [2.05, 4.69) is 4.72 Å². The summed E-state index contributed by atoms with van der Waals surface area (Å²) in [6.07, 6.45) is 1.47. The van der Waals surface area contributed by atoms with E-state index >= 15 is 0 Å². The monoisotopic (exact) mass is 301 g/mol. The Kier molecular flexibility index (Phi) is 4.72. The summed E-state index contributed by atoms with van der Waals surface area (Å²) in [5, 5.41) is 10.8. The molecular formula is C12H19N3O4S. The van der Waals surface area contributed by atoms with Crippen molar-refractivity contribution in [3.05, 3.63) is 28.3 Å². The molecule has 0 radical (unpaired) electrons. The van der Waals surface area contributed by atoms with Crippen molar-refractivity contribution in [1.82, 2.24) is 4.72 Å². The molecule has 112 valence electrons. The van der Waals surface area contributed by atoms with Crippen LogP contribution >= 0.6 is 0 Å². The molecule has 0 aliphatic rings. The summed E-state index contributed by atoms with van der Waals surface area (Å²) in [5.74, 6) is 0. The van der Waals surface area contributed by atoms with Gasteiger partial charge in [0.1, 0.15) is 5.69 Å².